The molecular formula is C28H26F2N2O5. The first-order valence-corrected chi connectivity index (χ1v) is 11.8. The Morgan fingerprint density at radius 2 is 1.86 bits per heavy atom. The normalized spacial score (nSPS) is 15.4. The fraction of sp³-hybridized carbons (Fsp3) is 0.214. The Labute approximate surface area is 213 Å². The Bertz CT molecular complexity index is 1260. The van der Waals surface area contributed by atoms with Crippen molar-refractivity contribution in [3.8, 4) is 5.75 Å². The zero-order valence-corrected chi connectivity index (χ0v) is 19.9. The maximum absolute atomic E-state index is 13.8. The summed E-state index contributed by atoms with van der Waals surface area (Å²) in [6.07, 6.45) is 5.26. The molecule has 1 heterocycles. The number of anilines is 1. The van der Waals surface area contributed by atoms with Crippen LogP contribution < -0.4 is 15.5 Å². The van der Waals surface area contributed by atoms with Crippen molar-refractivity contribution >= 4 is 23.6 Å². The quantitative estimate of drug-likeness (QED) is 0.299. The second kappa shape index (κ2) is 12.8. The van der Waals surface area contributed by atoms with E-state index < -0.39 is 17.9 Å². The highest BCUT2D eigenvalue weighted by molar-refractivity contribution is 6.02. The number of benzene rings is 3. The summed E-state index contributed by atoms with van der Waals surface area (Å²) in [7, 11) is 0. The van der Waals surface area contributed by atoms with Gasteiger partial charge < -0.3 is 14.8 Å². The third-order valence-corrected chi connectivity index (χ3v) is 5.53. The molecule has 1 aliphatic heterocycles. The van der Waals surface area contributed by atoms with Crippen LogP contribution in [-0.4, -0.2) is 24.7 Å². The summed E-state index contributed by atoms with van der Waals surface area (Å²) >= 11 is 0. The van der Waals surface area contributed by atoms with Crippen molar-refractivity contribution < 1.29 is 32.7 Å². The van der Waals surface area contributed by atoms with E-state index in [1.165, 1.54) is 12.1 Å². The van der Waals surface area contributed by atoms with Crippen molar-refractivity contribution in [2.75, 3.05) is 11.9 Å². The van der Waals surface area contributed by atoms with Crippen molar-refractivity contribution in [2.24, 2.45) is 0 Å². The van der Waals surface area contributed by atoms with Gasteiger partial charge in [-0.2, -0.15) is 0 Å². The highest BCUT2D eigenvalue weighted by Gasteiger charge is 2.16. The van der Waals surface area contributed by atoms with E-state index in [1.807, 2.05) is 0 Å². The lowest BCUT2D eigenvalue weighted by Crippen LogP contribution is -2.33. The smallest absolute Gasteiger partial charge is 0.274 e. The molecule has 4 rings (SSSR count). The number of hydrogen-bond donors (Lipinski definition) is 2. The minimum absolute atomic E-state index is 0.0854. The maximum Gasteiger partial charge on any atom is 0.274 e. The second-order valence-electron chi connectivity index (χ2n) is 8.34. The SMILES string of the molecule is O=C(/C=C/c1ccc(C(=O)NOC2CCCCO2)cc1)Nc1cccc(OCc2ccc(F)cc2F)c1. The van der Waals surface area contributed by atoms with Gasteiger partial charge in [-0.15, -0.1) is 0 Å². The molecule has 0 aliphatic carbocycles. The van der Waals surface area contributed by atoms with Crippen LogP contribution in [0.15, 0.2) is 72.8 Å². The minimum atomic E-state index is -0.689. The van der Waals surface area contributed by atoms with E-state index in [9.17, 15) is 18.4 Å². The van der Waals surface area contributed by atoms with Crippen molar-refractivity contribution in [1.29, 1.82) is 0 Å². The predicted octanol–water partition coefficient (Wildman–Crippen LogP) is 5.38. The van der Waals surface area contributed by atoms with Gasteiger partial charge in [-0.1, -0.05) is 18.2 Å². The van der Waals surface area contributed by atoms with Gasteiger partial charge in [-0.25, -0.2) is 19.1 Å². The fourth-order valence-corrected chi connectivity index (χ4v) is 3.55. The molecule has 1 fully saturated rings. The van der Waals surface area contributed by atoms with Crippen LogP contribution >= 0.6 is 0 Å². The molecule has 192 valence electrons. The zero-order chi connectivity index (χ0) is 26.0. The van der Waals surface area contributed by atoms with Gasteiger partial charge in [0.05, 0.1) is 0 Å². The zero-order valence-electron chi connectivity index (χ0n) is 19.9. The maximum atomic E-state index is 13.8. The molecule has 3 aromatic carbocycles. The summed E-state index contributed by atoms with van der Waals surface area (Å²) in [6.45, 7) is 0.533. The molecule has 1 saturated heterocycles. The Morgan fingerprint density at radius 3 is 2.62 bits per heavy atom. The lowest BCUT2D eigenvalue weighted by Gasteiger charge is -2.22. The van der Waals surface area contributed by atoms with Crippen LogP contribution in [0, 0.1) is 11.6 Å². The Kier molecular flexibility index (Phi) is 8.96. The summed E-state index contributed by atoms with van der Waals surface area (Å²) < 4.78 is 37.8. The van der Waals surface area contributed by atoms with Gasteiger partial charge in [-0.05, 0) is 60.9 Å². The number of carbonyl (C=O) groups excluding carboxylic acids is 2. The summed E-state index contributed by atoms with van der Waals surface area (Å²) in [6, 6.07) is 16.6. The van der Waals surface area contributed by atoms with E-state index in [0.29, 0.717) is 23.6 Å². The molecule has 7 nitrogen and oxygen atoms in total. The number of hydrogen-bond acceptors (Lipinski definition) is 5. The van der Waals surface area contributed by atoms with Gasteiger partial charge in [0.2, 0.25) is 5.91 Å². The van der Waals surface area contributed by atoms with Gasteiger partial charge >= 0.3 is 0 Å². The van der Waals surface area contributed by atoms with Crippen LogP contribution in [0.5, 0.6) is 5.75 Å². The lowest BCUT2D eigenvalue weighted by molar-refractivity contribution is -0.186. The number of hydroxylamine groups is 1. The van der Waals surface area contributed by atoms with Gasteiger partial charge in [0.1, 0.15) is 24.0 Å². The Morgan fingerprint density at radius 1 is 1.03 bits per heavy atom. The van der Waals surface area contributed by atoms with Crippen molar-refractivity contribution in [2.45, 2.75) is 32.2 Å². The summed E-state index contributed by atoms with van der Waals surface area (Å²) in [4.78, 5) is 29.9. The first kappa shape index (κ1) is 26.0. The van der Waals surface area contributed by atoms with Crippen LogP contribution in [0.25, 0.3) is 6.08 Å². The molecule has 1 aliphatic rings. The highest BCUT2D eigenvalue weighted by atomic mass is 19.1. The molecule has 0 saturated carbocycles. The van der Waals surface area contributed by atoms with Gasteiger partial charge in [-0.3, -0.25) is 9.59 Å². The van der Waals surface area contributed by atoms with Crippen molar-refractivity contribution in [3.63, 3.8) is 0 Å². The van der Waals surface area contributed by atoms with Crippen LogP contribution in [0.1, 0.15) is 40.7 Å². The standard InChI is InChI=1S/C28H26F2N2O5/c29-22-13-12-21(25(30)16-22)18-36-24-5-3-4-23(17-24)31-26(33)14-9-19-7-10-20(11-8-19)28(34)32-37-27-6-1-2-15-35-27/h3-5,7-14,16-17,27H,1-2,6,15,18H2,(H,31,33)(H,32,34)/b14-9+. The molecule has 1 unspecified atom stereocenters. The average Bonchev–Trinajstić information content (AvgIpc) is 2.91. The van der Waals surface area contributed by atoms with Crippen LogP contribution in [0.2, 0.25) is 0 Å². The first-order valence-electron chi connectivity index (χ1n) is 11.8. The van der Waals surface area contributed by atoms with Crippen LogP contribution in [0.3, 0.4) is 0 Å². The van der Waals surface area contributed by atoms with Crippen LogP contribution in [0.4, 0.5) is 14.5 Å². The number of carbonyl (C=O) groups is 2. The highest BCUT2D eigenvalue weighted by Crippen LogP contribution is 2.20. The van der Waals surface area contributed by atoms with E-state index in [4.69, 9.17) is 14.3 Å². The molecule has 3 aromatic rings. The van der Waals surface area contributed by atoms with Crippen molar-refractivity contribution in [1.82, 2.24) is 5.48 Å². The number of nitrogens with one attached hydrogen (secondary N) is 2. The molecular weight excluding hydrogens is 482 g/mol. The van der Waals surface area contributed by atoms with E-state index in [2.05, 4.69) is 10.8 Å². The van der Waals surface area contributed by atoms with E-state index in [1.54, 1.807) is 54.6 Å². The third kappa shape index (κ3) is 7.96. The first-order chi connectivity index (χ1) is 18.0. The molecule has 2 N–H and O–H groups in total. The lowest BCUT2D eigenvalue weighted by atomic mass is 10.1. The third-order valence-electron chi connectivity index (χ3n) is 5.53. The predicted molar refractivity (Wildman–Crippen MR) is 133 cm³/mol. The van der Waals surface area contributed by atoms with Gasteiger partial charge in [0.15, 0.2) is 6.29 Å². The van der Waals surface area contributed by atoms with Crippen LogP contribution in [-0.2, 0) is 21.0 Å². The second-order valence-corrected chi connectivity index (χ2v) is 8.34. The van der Waals surface area contributed by atoms with E-state index >= 15 is 0 Å². The monoisotopic (exact) mass is 508 g/mol. The Balaban J connectivity index is 1.26. The van der Waals surface area contributed by atoms with Gasteiger partial charge in [0.25, 0.3) is 5.91 Å². The number of ether oxygens (including phenoxy) is 2. The molecule has 2 amide bonds. The largest absolute Gasteiger partial charge is 0.489 e. The molecule has 0 aromatic heterocycles. The molecule has 9 heteroatoms. The van der Waals surface area contributed by atoms with Gasteiger partial charge in [0, 0.05) is 48.1 Å². The molecule has 0 radical (unpaired) electrons. The molecule has 1 atom stereocenters. The average molecular weight is 509 g/mol. The fourth-order valence-electron chi connectivity index (χ4n) is 3.55. The number of halogens is 2. The molecule has 0 spiro atoms. The van der Waals surface area contributed by atoms with Crippen molar-refractivity contribution in [3.05, 3.63) is 101 Å². The Hall–Kier alpha value is -4.08. The molecule has 37 heavy (non-hydrogen) atoms. The number of rotatable bonds is 9. The van der Waals surface area contributed by atoms with E-state index in [0.717, 1.165) is 37.0 Å². The molecule has 0 bridgehead atoms. The summed E-state index contributed by atoms with van der Waals surface area (Å²) in [5, 5.41) is 2.73. The number of amides is 2. The van der Waals surface area contributed by atoms with E-state index in [-0.39, 0.29) is 24.0 Å². The minimum Gasteiger partial charge on any atom is -0.489 e. The summed E-state index contributed by atoms with van der Waals surface area (Å²) in [5.74, 6) is -1.68. The topological polar surface area (TPSA) is 85.9 Å². The summed E-state index contributed by atoms with van der Waals surface area (Å²) in [5.41, 5.74) is 4.24.